The van der Waals surface area contributed by atoms with Crippen molar-refractivity contribution in [2.45, 2.75) is 17.1 Å². The van der Waals surface area contributed by atoms with E-state index in [1.807, 2.05) is 54.6 Å². The highest BCUT2D eigenvalue weighted by molar-refractivity contribution is 8.00. The molecule has 0 aliphatic heterocycles. The lowest BCUT2D eigenvalue weighted by molar-refractivity contribution is -0.115. The number of anilines is 1. The summed E-state index contributed by atoms with van der Waals surface area (Å²) in [6.07, 6.45) is 0. The number of carbonyl (C=O) groups is 1. The van der Waals surface area contributed by atoms with Gasteiger partial charge in [0.05, 0.1) is 5.25 Å². The fourth-order valence-electron chi connectivity index (χ4n) is 2.51. The number of thioether (sulfide) groups is 1. The summed E-state index contributed by atoms with van der Waals surface area (Å²) in [7, 11) is 0. The van der Waals surface area contributed by atoms with Gasteiger partial charge in [-0.3, -0.25) is 4.79 Å². The van der Waals surface area contributed by atoms with Crippen molar-refractivity contribution in [3.8, 4) is 11.1 Å². The molecule has 3 aromatic rings. The minimum Gasteiger partial charge on any atom is -0.325 e. The minimum absolute atomic E-state index is 0.241. The van der Waals surface area contributed by atoms with Gasteiger partial charge < -0.3 is 5.32 Å². The van der Waals surface area contributed by atoms with Crippen molar-refractivity contribution < 1.29 is 13.6 Å². The molecule has 0 saturated heterocycles. The molecule has 3 aromatic carbocycles. The fourth-order valence-corrected chi connectivity index (χ4v) is 3.38. The molecule has 0 heterocycles. The summed E-state index contributed by atoms with van der Waals surface area (Å²) in [5.41, 5.74) is 2.59. The molecular formula is C21H17F2NOS. The molecule has 0 aliphatic rings. The van der Waals surface area contributed by atoms with E-state index in [-0.39, 0.29) is 10.8 Å². The van der Waals surface area contributed by atoms with Gasteiger partial charge in [0, 0.05) is 22.2 Å². The van der Waals surface area contributed by atoms with Gasteiger partial charge in [0.15, 0.2) is 0 Å². The lowest BCUT2D eigenvalue weighted by atomic mass is 10.0. The summed E-state index contributed by atoms with van der Waals surface area (Å²) in [5, 5.41) is 2.36. The highest BCUT2D eigenvalue weighted by Crippen LogP contribution is 2.30. The van der Waals surface area contributed by atoms with Gasteiger partial charge in [-0.2, -0.15) is 0 Å². The van der Waals surface area contributed by atoms with E-state index in [0.29, 0.717) is 5.69 Å². The monoisotopic (exact) mass is 369 g/mol. The van der Waals surface area contributed by atoms with Crippen LogP contribution in [-0.4, -0.2) is 11.2 Å². The van der Waals surface area contributed by atoms with Gasteiger partial charge >= 0.3 is 0 Å². The van der Waals surface area contributed by atoms with Crippen LogP contribution in [-0.2, 0) is 4.79 Å². The first-order chi connectivity index (χ1) is 12.5. The van der Waals surface area contributed by atoms with Gasteiger partial charge in [-0.15, -0.1) is 11.8 Å². The van der Waals surface area contributed by atoms with Crippen LogP contribution in [0.25, 0.3) is 11.1 Å². The molecule has 3 rings (SSSR count). The van der Waals surface area contributed by atoms with Crippen LogP contribution in [0.4, 0.5) is 14.5 Å². The van der Waals surface area contributed by atoms with E-state index < -0.39 is 16.9 Å². The lowest BCUT2D eigenvalue weighted by Gasteiger charge is -2.15. The summed E-state index contributed by atoms with van der Waals surface area (Å²) in [5.74, 6) is -1.55. The second kappa shape index (κ2) is 8.15. The molecule has 0 bridgehead atoms. The summed E-state index contributed by atoms with van der Waals surface area (Å²) in [6.45, 7) is 1.69. The molecule has 1 amide bonds. The summed E-state index contributed by atoms with van der Waals surface area (Å²) < 4.78 is 26.8. The fraction of sp³-hybridized carbons (Fsp3) is 0.0952. The van der Waals surface area contributed by atoms with Crippen molar-refractivity contribution in [1.29, 1.82) is 0 Å². The number of amides is 1. The van der Waals surface area contributed by atoms with Crippen molar-refractivity contribution in [2.75, 3.05) is 5.32 Å². The molecule has 0 aromatic heterocycles. The van der Waals surface area contributed by atoms with E-state index in [1.54, 1.807) is 6.92 Å². The number of nitrogens with one attached hydrogen (secondary N) is 1. The predicted octanol–water partition coefficient (Wildman–Crippen LogP) is 5.75. The van der Waals surface area contributed by atoms with E-state index in [4.69, 9.17) is 0 Å². The summed E-state index contributed by atoms with van der Waals surface area (Å²) >= 11 is 1.05. The van der Waals surface area contributed by atoms with Gasteiger partial charge in [-0.1, -0.05) is 48.5 Å². The maximum atomic E-state index is 13.8. The van der Waals surface area contributed by atoms with Crippen LogP contribution in [0.5, 0.6) is 0 Å². The van der Waals surface area contributed by atoms with E-state index in [2.05, 4.69) is 5.32 Å². The topological polar surface area (TPSA) is 29.1 Å². The largest absolute Gasteiger partial charge is 0.325 e. The summed E-state index contributed by atoms with van der Waals surface area (Å²) in [4.78, 5) is 12.8. The molecular weight excluding hydrogens is 352 g/mol. The Kier molecular flexibility index (Phi) is 5.68. The number of carbonyl (C=O) groups excluding carboxylic acids is 1. The number of hydrogen-bond donors (Lipinski definition) is 1. The third-order valence-electron chi connectivity index (χ3n) is 3.84. The molecule has 5 heteroatoms. The standard InChI is InChI=1S/C21H17F2NOS/c1-14(26-20-12-11-16(22)13-18(20)23)21(25)24-19-10-6-5-9-17(19)15-7-3-2-4-8-15/h2-14H,1H3,(H,24,25)/t14-/m0/s1. The first-order valence-electron chi connectivity index (χ1n) is 8.11. The van der Waals surface area contributed by atoms with E-state index in [1.165, 1.54) is 12.1 Å². The minimum atomic E-state index is -0.667. The Morgan fingerprint density at radius 1 is 0.962 bits per heavy atom. The SMILES string of the molecule is C[C@H](Sc1ccc(F)cc1F)C(=O)Nc1ccccc1-c1ccccc1. The van der Waals surface area contributed by atoms with E-state index >= 15 is 0 Å². The Morgan fingerprint density at radius 3 is 2.38 bits per heavy atom. The zero-order valence-corrected chi connectivity index (χ0v) is 14.9. The van der Waals surface area contributed by atoms with E-state index in [0.717, 1.165) is 29.0 Å². The molecule has 0 fully saturated rings. The summed E-state index contributed by atoms with van der Waals surface area (Å²) in [6, 6.07) is 20.6. The average Bonchev–Trinajstić information content (AvgIpc) is 2.65. The van der Waals surface area contributed by atoms with Crippen LogP contribution in [0.15, 0.2) is 77.7 Å². The molecule has 1 N–H and O–H groups in total. The molecule has 1 atom stereocenters. The Balaban J connectivity index is 1.76. The number of hydrogen-bond acceptors (Lipinski definition) is 2. The Labute approximate surface area is 155 Å². The second-order valence-electron chi connectivity index (χ2n) is 5.74. The van der Waals surface area contributed by atoms with Crippen LogP contribution < -0.4 is 5.32 Å². The van der Waals surface area contributed by atoms with Crippen LogP contribution in [0.2, 0.25) is 0 Å². The van der Waals surface area contributed by atoms with Crippen LogP contribution in [0.3, 0.4) is 0 Å². The Morgan fingerprint density at radius 2 is 1.65 bits per heavy atom. The predicted molar refractivity (Wildman–Crippen MR) is 102 cm³/mol. The normalized spacial score (nSPS) is 11.8. The molecule has 132 valence electrons. The average molecular weight is 369 g/mol. The molecule has 0 saturated carbocycles. The third kappa shape index (κ3) is 4.29. The first-order valence-corrected chi connectivity index (χ1v) is 8.99. The molecule has 0 aliphatic carbocycles. The zero-order chi connectivity index (χ0) is 18.5. The smallest absolute Gasteiger partial charge is 0.237 e. The van der Waals surface area contributed by atoms with Gasteiger partial charge in [-0.05, 0) is 30.7 Å². The van der Waals surface area contributed by atoms with Crippen LogP contribution in [0, 0.1) is 11.6 Å². The molecule has 2 nitrogen and oxygen atoms in total. The maximum absolute atomic E-state index is 13.8. The maximum Gasteiger partial charge on any atom is 0.237 e. The first kappa shape index (κ1) is 18.1. The molecule has 0 radical (unpaired) electrons. The van der Waals surface area contributed by atoms with Crippen molar-refractivity contribution in [3.63, 3.8) is 0 Å². The van der Waals surface area contributed by atoms with Crippen LogP contribution >= 0.6 is 11.8 Å². The highest BCUT2D eigenvalue weighted by atomic mass is 32.2. The highest BCUT2D eigenvalue weighted by Gasteiger charge is 2.18. The van der Waals surface area contributed by atoms with Gasteiger partial charge in [0.25, 0.3) is 0 Å². The number of rotatable bonds is 5. The van der Waals surface area contributed by atoms with Crippen molar-refractivity contribution in [1.82, 2.24) is 0 Å². The Bertz CT molecular complexity index is 915. The van der Waals surface area contributed by atoms with Gasteiger partial charge in [-0.25, -0.2) is 8.78 Å². The third-order valence-corrected chi connectivity index (χ3v) is 4.99. The number of para-hydroxylation sites is 1. The van der Waals surface area contributed by atoms with E-state index in [9.17, 15) is 13.6 Å². The number of benzene rings is 3. The second-order valence-corrected chi connectivity index (χ2v) is 7.12. The van der Waals surface area contributed by atoms with Crippen molar-refractivity contribution in [3.05, 3.63) is 84.4 Å². The van der Waals surface area contributed by atoms with Crippen molar-refractivity contribution in [2.24, 2.45) is 0 Å². The van der Waals surface area contributed by atoms with Gasteiger partial charge in [0.1, 0.15) is 11.6 Å². The Hall–Kier alpha value is -2.66. The van der Waals surface area contributed by atoms with Crippen molar-refractivity contribution >= 4 is 23.4 Å². The van der Waals surface area contributed by atoms with Gasteiger partial charge in [0.2, 0.25) is 5.91 Å². The molecule has 26 heavy (non-hydrogen) atoms. The molecule has 0 spiro atoms. The lowest BCUT2D eigenvalue weighted by Crippen LogP contribution is -2.22. The number of halogens is 2. The quantitative estimate of drug-likeness (QED) is 0.580. The molecule has 0 unspecified atom stereocenters. The zero-order valence-electron chi connectivity index (χ0n) is 14.1. The van der Waals surface area contributed by atoms with Crippen LogP contribution in [0.1, 0.15) is 6.92 Å².